The van der Waals surface area contributed by atoms with E-state index < -0.39 is 37.9 Å². The van der Waals surface area contributed by atoms with Gasteiger partial charge in [-0.05, 0) is 0 Å². The van der Waals surface area contributed by atoms with E-state index in [0.717, 1.165) is 24.4 Å². The van der Waals surface area contributed by atoms with Crippen LogP contribution in [0, 0.1) is 0 Å². The Morgan fingerprint density at radius 1 is 0.750 bits per heavy atom. The fourth-order valence-electron chi connectivity index (χ4n) is 3.83. The molecule has 0 fully saturated rings. The van der Waals surface area contributed by atoms with Gasteiger partial charge in [0.2, 0.25) is 0 Å². The average molecular weight is 601 g/mol. The molecule has 0 aliphatic heterocycles. The third-order valence-corrected chi connectivity index (χ3v) is 14.2. The van der Waals surface area contributed by atoms with E-state index in [-0.39, 0.29) is 37.4 Å². The van der Waals surface area contributed by atoms with Crippen LogP contribution in [0.15, 0.2) is 42.4 Å². The van der Waals surface area contributed by atoms with Crippen LogP contribution in [0.3, 0.4) is 0 Å². The van der Waals surface area contributed by atoms with Gasteiger partial charge in [-0.15, -0.1) is 24.8 Å². The summed E-state index contributed by atoms with van der Waals surface area (Å²) in [6.07, 6.45) is 10.3. The topological polar surface area (TPSA) is 36.9 Å². The van der Waals surface area contributed by atoms with Crippen molar-refractivity contribution in [2.45, 2.75) is 92.4 Å². The number of halogens is 2. The molecule has 2 aliphatic carbocycles. The average Bonchev–Trinajstić information content (AvgIpc) is 3.14. The van der Waals surface area contributed by atoms with Crippen LogP contribution >= 0.6 is 24.8 Å². The van der Waals surface area contributed by atoms with Gasteiger partial charge < -0.3 is 0 Å². The Kier molecular flexibility index (Phi) is 13.5. The Bertz CT molecular complexity index is 742. The van der Waals surface area contributed by atoms with E-state index in [0.29, 0.717) is 0 Å². The van der Waals surface area contributed by atoms with Gasteiger partial charge in [0.15, 0.2) is 0 Å². The molecular weight excluding hydrogens is 559 g/mol. The van der Waals surface area contributed by atoms with Crippen molar-refractivity contribution in [3.8, 4) is 0 Å². The summed E-state index contributed by atoms with van der Waals surface area (Å²) in [4.78, 5) is 0. The van der Waals surface area contributed by atoms with Crippen LogP contribution in [-0.2, 0) is 39.6 Å². The van der Waals surface area contributed by atoms with Gasteiger partial charge in [-0.3, -0.25) is 0 Å². The van der Waals surface area contributed by atoms with Crippen molar-refractivity contribution in [2.24, 2.45) is 0 Å². The van der Waals surface area contributed by atoms with E-state index in [9.17, 15) is 0 Å². The second-order valence-electron chi connectivity index (χ2n) is 10.1. The molecule has 0 heterocycles. The normalized spacial score (nSPS) is 17.7. The summed E-state index contributed by atoms with van der Waals surface area (Å²) in [6.45, 7) is 21.8. The van der Waals surface area contributed by atoms with Gasteiger partial charge in [0.1, 0.15) is 0 Å². The van der Waals surface area contributed by atoms with Gasteiger partial charge in [-0.1, -0.05) is 0 Å². The number of allylic oxidation sites excluding steroid dienone is 6. The molecule has 9 heteroatoms. The summed E-state index contributed by atoms with van der Waals surface area (Å²) in [5, 5.41) is 0. The minimum Gasteiger partial charge on any atom is -0.147 e. The fourth-order valence-corrected chi connectivity index (χ4v) is 13.3. The molecule has 0 saturated carbocycles. The largest absolute Gasteiger partial charge is 0.147 e. The maximum atomic E-state index is 6.31. The molecular formula is C23H42Cl2O4Si2Zr. The molecule has 0 aromatic rings. The second-order valence-corrected chi connectivity index (χ2v) is 26.3. The van der Waals surface area contributed by atoms with Crippen LogP contribution in [-0.4, -0.2) is 32.4 Å². The SMILES string of the molecule is C[C](C)=[Zr]([C]1=C(OC(C)O[Si](C)(C)C)C=CC1)[C]1=C(OC(C)O[Si](C)(C)C)C=CC1.Cl.Cl. The van der Waals surface area contributed by atoms with Gasteiger partial charge in [-0.2, -0.15) is 0 Å². The summed E-state index contributed by atoms with van der Waals surface area (Å²) in [7, 11) is -3.30. The Labute approximate surface area is 217 Å². The Morgan fingerprint density at radius 3 is 1.38 bits per heavy atom. The molecule has 0 saturated heterocycles. The van der Waals surface area contributed by atoms with Crippen LogP contribution in [0.2, 0.25) is 39.3 Å². The first-order chi connectivity index (χ1) is 13.8. The van der Waals surface area contributed by atoms with Crippen molar-refractivity contribution in [1.29, 1.82) is 0 Å². The molecule has 2 atom stereocenters. The molecule has 0 N–H and O–H groups in total. The van der Waals surface area contributed by atoms with Crippen molar-refractivity contribution in [3.63, 3.8) is 0 Å². The van der Waals surface area contributed by atoms with Gasteiger partial charge in [0.25, 0.3) is 0 Å². The summed E-state index contributed by atoms with van der Waals surface area (Å²) < 4.78 is 29.4. The van der Waals surface area contributed by atoms with E-state index in [2.05, 4.69) is 77.4 Å². The summed E-state index contributed by atoms with van der Waals surface area (Å²) >= 11 is -2.26. The Balaban J connectivity index is 0.00000480. The second kappa shape index (κ2) is 13.4. The first-order valence-corrected chi connectivity index (χ1v) is 21.4. The number of ether oxygens (including phenoxy) is 2. The molecule has 2 rings (SSSR count). The monoisotopic (exact) mass is 598 g/mol. The summed E-state index contributed by atoms with van der Waals surface area (Å²) in [5.41, 5.74) is 0. The molecule has 4 nitrogen and oxygen atoms in total. The van der Waals surface area contributed by atoms with Crippen LogP contribution in [0.1, 0.15) is 40.5 Å². The molecule has 0 aromatic carbocycles. The van der Waals surface area contributed by atoms with E-state index in [1.165, 1.54) is 9.77 Å². The van der Waals surface area contributed by atoms with Crippen LogP contribution in [0.5, 0.6) is 0 Å². The van der Waals surface area contributed by atoms with Gasteiger partial charge in [0, 0.05) is 0 Å². The number of hydrogen-bond acceptors (Lipinski definition) is 4. The van der Waals surface area contributed by atoms with Crippen LogP contribution in [0.25, 0.3) is 0 Å². The maximum Gasteiger partial charge on any atom is -0.147 e. The number of hydrogen-bond donors (Lipinski definition) is 0. The third-order valence-electron chi connectivity index (χ3n) is 4.51. The van der Waals surface area contributed by atoms with Crippen molar-refractivity contribution in [1.82, 2.24) is 0 Å². The third kappa shape index (κ3) is 10.2. The predicted molar refractivity (Wildman–Crippen MR) is 142 cm³/mol. The van der Waals surface area contributed by atoms with Gasteiger partial charge >= 0.3 is 194 Å². The predicted octanol–water partition coefficient (Wildman–Crippen LogP) is 7.43. The molecule has 0 bridgehead atoms. The molecule has 2 aliphatic rings. The summed E-state index contributed by atoms with van der Waals surface area (Å²) in [5.74, 6) is 2.06. The summed E-state index contributed by atoms with van der Waals surface area (Å²) in [6, 6.07) is 0. The first kappa shape index (κ1) is 32.2. The Hall–Kier alpha value is 0.247. The van der Waals surface area contributed by atoms with E-state index in [1.807, 2.05) is 13.8 Å². The quantitative estimate of drug-likeness (QED) is 0.193. The van der Waals surface area contributed by atoms with Crippen LogP contribution in [0.4, 0.5) is 0 Å². The molecule has 0 amide bonds. The molecule has 0 radical (unpaired) electrons. The van der Waals surface area contributed by atoms with Crippen molar-refractivity contribution < 1.29 is 39.6 Å². The first-order valence-electron chi connectivity index (χ1n) is 10.9. The zero-order chi connectivity index (χ0) is 22.7. The minimum atomic E-state index is -2.26. The van der Waals surface area contributed by atoms with E-state index in [1.54, 1.807) is 0 Å². The smallest absolute Gasteiger partial charge is 0.147 e. The van der Waals surface area contributed by atoms with E-state index >= 15 is 0 Å². The number of rotatable bonds is 10. The maximum absolute atomic E-state index is 6.31. The van der Waals surface area contributed by atoms with E-state index in [4.69, 9.17) is 18.3 Å². The van der Waals surface area contributed by atoms with Crippen molar-refractivity contribution in [2.75, 3.05) is 0 Å². The Morgan fingerprint density at radius 2 is 1.09 bits per heavy atom. The molecule has 0 spiro atoms. The molecule has 0 aromatic heterocycles. The van der Waals surface area contributed by atoms with Crippen molar-refractivity contribution >= 4 is 44.7 Å². The molecule has 32 heavy (non-hydrogen) atoms. The van der Waals surface area contributed by atoms with Gasteiger partial charge in [-0.25, -0.2) is 0 Å². The molecule has 184 valence electrons. The van der Waals surface area contributed by atoms with Crippen molar-refractivity contribution in [3.05, 3.63) is 42.4 Å². The standard InChI is InChI=1S/2C10H17O2Si.C3H6.2ClH.Zr/c2*1-9(12-13(2,3)4)11-10-7-5-6-8-10;1-3-2;;;/h2*5,7,9H,6H2,1-4H3;1-2H3;2*1H;. The zero-order valence-electron chi connectivity index (χ0n) is 21.3. The minimum absolute atomic E-state index is 0. The van der Waals surface area contributed by atoms with Gasteiger partial charge in [0.05, 0.1) is 0 Å². The fraction of sp³-hybridized carbons (Fsp3) is 0.609. The van der Waals surface area contributed by atoms with Crippen LogP contribution < -0.4 is 0 Å². The zero-order valence-corrected chi connectivity index (χ0v) is 27.4. The molecule has 2 unspecified atom stereocenters.